The van der Waals surface area contributed by atoms with E-state index in [1.54, 1.807) is 36.4 Å². The van der Waals surface area contributed by atoms with E-state index >= 15 is 0 Å². The van der Waals surface area contributed by atoms with Gasteiger partial charge in [0, 0.05) is 26.6 Å². The molecule has 0 aliphatic heterocycles. The van der Waals surface area contributed by atoms with Gasteiger partial charge in [0.2, 0.25) is 5.78 Å². The third-order valence-corrected chi connectivity index (χ3v) is 7.18. The first-order valence-corrected chi connectivity index (χ1v) is 11.5. The molecule has 2 aromatic heterocycles. The molecule has 5 rings (SSSR count). The van der Waals surface area contributed by atoms with E-state index in [9.17, 15) is 19.1 Å². The van der Waals surface area contributed by atoms with Crippen LogP contribution in [0, 0.1) is 5.82 Å². The SMILES string of the molecule is O=C(O)c1csc(-c2ccc(-c3c(C(=O)c4ccccc4F)sc4cc(O)ccc34)cc2)n1. The van der Waals surface area contributed by atoms with Crippen molar-refractivity contribution in [3.63, 3.8) is 0 Å². The van der Waals surface area contributed by atoms with E-state index in [1.165, 1.54) is 46.3 Å². The van der Waals surface area contributed by atoms with Gasteiger partial charge in [-0.3, -0.25) is 4.79 Å². The number of thiophene rings is 1. The van der Waals surface area contributed by atoms with Crippen LogP contribution in [0.25, 0.3) is 31.8 Å². The Morgan fingerprint density at radius 1 is 0.939 bits per heavy atom. The Labute approximate surface area is 195 Å². The lowest BCUT2D eigenvalue weighted by Crippen LogP contribution is -2.03. The highest BCUT2D eigenvalue weighted by molar-refractivity contribution is 7.21. The second kappa shape index (κ2) is 8.23. The molecule has 0 amide bonds. The van der Waals surface area contributed by atoms with Gasteiger partial charge in [-0.2, -0.15) is 0 Å². The molecular weight excluding hydrogens is 461 g/mol. The summed E-state index contributed by atoms with van der Waals surface area (Å²) < 4.78 is 15.1. The number of phenolic OH excluding ortho intramolecular Hbond substituents is 1. The van der Waals surface area contributed by atoms with Gasteiger partial charge in [0.15, 0.2) is 5.69 Å². The van der Waals surface area contributed by atoms with E-state index in [-0.39, 0.29) is 17.0 Å². The molecule has 2 heterocycles. The molecule has 0 aliphatic rings. The van der Waals surface area contributed by atoms with E-state index < -0.39 is 17.6 Å². The molecule has 0 saturated heterocycles. The lowest BCUT2D eigenvalue weighted by atomic mass is 9.97. The molecule has 33 heavy (non-hydrogen) atoms. The molecule has 8 heteroatoms. The lowest BCUT2D eigenvalue weighted by molar-refractivity contribution is 0.0691. The summed E-state index contributed by atoms with van der Waals surface area (Å²) in [5.74, 6) is -2.03. The molecule has 0 unspecified atom stereocenters. The maximum atomic E-state index is 14.4. The molecule has 0 aliphatic carbocycles. The summed E-state index contributed by atoms with van der Waals surface area (Å²) in [6, 6.07) is 18.0. The van der Waals surface area contributed by atoms with E-state index in [0.29, 0.717) is 20.1 Å². The summed E-state index contributed by atoms with van der Waals surface area (Å²) >= 11 is 2.43. The van der Waals surface area contributed by atoms with Gasteiger partial charge in [-0.05, 0) is 35.9 Å². The predicted molar refractivity (Wildman–Crippen MR) is 127 cm³/mol. The van der Waals surface area contributed by atoms with E-state index in [4.69, 9.17) is 5.11 Å². The molecule has 0 spiro atoms. The number of carboxylic acid groups (broad SMARTS) is 1. The van der Waals surface area contributed by atoms with Gasteiger partial charge in [-0.25, -0.2) is 14.2 Å². The fraction of sp³-hybridized carbons (Fsp3) is 0. The summed E-state index contributed by atoms with van der Waals surface area (Å²) in [4.78, 5) is 28.9. The molecule has 0 fully saturated rings. The van der Waals surface area contributed by atoms with Crippen molar-refractivity contribution in [3.05, 3.63) is 94.1 Å². The fourth-order valence-electron chi connectivity index (χ4n) is 3.58. The third-order valence-electron chi connectivity index (χ3n) is 5.14. The Morgan fingerprint density at radius 2 is 1.67 bits per heavy atom. The minimum Gasteiger partial charge on any atom is -0.508 e. The molecule has 3 aromatic carbocycles. The topological polar surface area (TPSA) is 87.5 Å². The van der Waals surface area contributed by atoms with Crippen molar-refractivity contribution in [1.82, 2.24) is 4.98 Å². The summed E-state index contributed by atoms with van der Waals surface area (Å²) in [7, 11) is 0. The van der Waals surface area contributed by atoms with Crippen molar-refractivity contribution >= 4 is 44.5 Å². The number of nitrogens with zero attached hydrogens (tertiary/aromatic N) is 1. The Balaban J connectivity index is 1.64. The number of ketones is 1. The van der Waals surface area contributed by atoms with E-state index in [0.717, 1.165) is 16.5 Å². The summed E-state index contributed by atoms with van der Waals surface area (Å²) in [5, 5.41) is 21.8. The minimum absolute atomic E-state index is 0.0134. The Kier molecular flexibility index (Phi) is 5.24. The second-order valence-corrected chi connectivity index (χ2v) is 9.13. The van der Waals surface area contributed by atoms with E-state index in [1.807, 2.05) is 12.1 Å². The van der Waals surface area contributed by atoms with Crippen molar-refractivity contribution in [2.45, 2.75) is 0 Å². The number of thiazole rings is 1. The van der Waals surface area contributed by atoms with Crippen LogP contribution in [0.2, 0.25) is 0 Å². The maximum Gasteiger partial charge on any atom is 0.355 e. The van der Waals surface area contributed by atoms with E-state index in [2.05, 4.69) is 4.98 Å². The van der Waals surface area contributed by atoms with Crippen LogP contribution in [0.3, 0.4) is 0 Å². The third kappa shape index (κ3) is 3.79. The van der Waals surface area contributed by atoms with Crippen LogP contribution >= 0.6 is 22.7 Å². The molecule has 0 radical (unpaired) electrons. The Hall–Kier alpha value is -3.88. The van der Waals surface area contributed by atoms with Crippen molar-refractivity contribution in [3.8, 4) is 27.4 Å². The summed E-state index contributed by atoms with van der Waals surface area (Å²) in [5.41, 5.74) is 2.11. The first-order valence-electron chi connectivity index (χ1n) is 9.77. The van der Waals surface area contributed by atoms with Gasteiger partial charge in [-0.1, -0.05) is 36.4 Å². The number of aromatic nitrogens is 1. The number of halogens is 1. The number of phenols is 1. The number of rotatable bonds is 5. The van der Waals surface area contributed by atoms with Crippen molar-refractivity contribution in [2.75, 3.05) is 0 Å². The molecular formula is C25H14FNO4S2. The number of fused-ring (bicyclic) bond motifs is 1. The minimum atomic E-state index is -1.08. The number of hydrogen-bond donors (Lipinski definition) is 2. The molecule has 0 saturated carbocycles. The molecule has 5 aromatic rings. The van der Waals surface area contributed by atoms with Gasteiger partial charge < -0.3 is 10.2 Å². The predicted octanol–water partition coefficient (Wildman–Crippen LogP) is 6.47. The van der Waals surface area contributed by atoms with Gasteiger partial charge in [-0.15, -0.1) is 22.7 Å². The summed E-state index contributed by atoms with van der Waals surface area (Å²) in [6.07, 6.45) is 0. The number of aromatic carboxylic acids is 1. The highest BCUT2D eigenvalue weighted by Gasteiger charge is 2.23. The number of carbonyl (C=O) groups excluding carboxylic acids is 1. The first-order chi connectivity index (χ1) is 15.9. The normalized spacial score (nSPS) is 11.1. The number of benzene rings is 3. The van der Waals surface area contributed by atoms with Gasteiger partial charge in [0.25, 0.3) is 0 Å². The van der Waals surface area contributed by atoms with Crippen molar-refractivity contribution in [2.24, 2.45) is 0 Å². The van der Waals surface area contributed by atoms with Crippen LogP contribution in [0.15, 0.2) is 72.1 Å². The van der Waals surface area contributed by atoms with Crippen molar-refractivity contribution < 1.29 is 24.2 Å². The van der Waals surface area contributed by atoms with Gasteiger partial charge in [0.1, 0.15) is 16.6 Å². The highest BCUT2D eigenvalue weighted by atomic mass is 32.1. The van der Waals surface area contributed by atoms with Crippen molar-refractivity contribution in [1.29, 1.82) is 0 Å². The average molecular weight is 476 g/mol. The second-order valence-electron chi connectivity index (χ2n) is 7.22. The van der Waals surface area contributed by atoms with Crippen LogP contribution in [-0.4, -0.2) is 26.9 Å². The maximum absolute atomic E-state index is 14.4. The largest absolute Gasteiger partial charge is 0.508 e. The molecule has 0 atom stereocenters. The molecule has 162 valence electrons. The molecule has 2 N–H and O–H groups in total. The lowest BCUT2D eigenvalue weighted by Gasteiger charge is -2.07. The van der Waals surface area contributed by atoms with Crippen LogP contribution in [0.4, 0.5) is 4.39 Å². The van der Waals surface area contributed by atoms with Crippen LogP contribution in [-0.2, 0) is 0 Å². The zero-order valence-electron chi connectivity index (χ0n) is 16.8. The Bertz CT molecular complexity index is 1540. The van der Waals surface area contributed by atoms with Crippen LogP contribution < -0.4 is 0 Å². The summed E-state index contributed by atoms with van der Waals surface area (Å²) in [6.45, 7) is 0. The Morgan fingerprint density at radius 3 is 2.36 bits per heavy atom. The number of aromatic hydroxyl groups is 1. The van der Waals surface area contributed by atoms with Gasteiger partial charge in [0.05, 0.1) is 10.4 Å². The highest BCUT2D eigenvalue weighted by Crippen LogP contribution is 2.42. The van der Waals surface area contributed by atoms with Crippen LogP contribution in [0.5, 0.6) is 5.75 Å². The van der Waals surface area contributed by atoms with Crippen LogP contribution in [0.1, 0.15) is 25.7 Å². The smallest absolute Gasteiger partial charge is 0.355 e. The zero-order valence-corrected chi connectivity index (χ0v) is 18.4. The first kappa shape index (κ1) is 21.0. The molecule has 5 nitrogen and oxygen atoms in total. The monoisotopic (exact) mass is 475 g/mol. The fourth-order valence-corrected chi connectivity index (χ4v) is 5.60. The number of hydrogen-bond acceptors (Lipinski definition) is 6. The number of carbonyl (C=O) groups is 2. The van der Waals surface area contributed by atoms with Gasteiger partial charge >= 0.3 is 5.97 Å². The zero-order chi connectivity index (χ0) is 23.1. The molecule has 0 bridgehead atoms. The standard InChI is InChI=1S/C25H14FNO4S2/c26-18-4-2-1-3-16(18)22(29)23-21(17-10-9-15(28)11-20(17)33-23)13-5-7-14(8-6-13)24-27-19(12-32-24)25(30)31/h1-12,28H,(H,30,31). The number of carboxylic acids is 1. The average Bonchev–Trinajstić information content (AvgIpc) is 3.44. The quantitative estimate of drug-likeness (QED) is 0.285.